The Hall–Kier alpha value is -0.710. The predicted octanol–water partition coefficient (Wildman–Crippen LogP) is 4.01. The van der Waals surface area contributed by atoms with E-state index in [-0.39, 0.29) is 0 Å². The van der Waals surface area contributed by atoms with E-state index in [0.29, 0.717) is 6.61 Å². The van der Waals surface area contributed by atoms with E-state index < -0.39 is 0 Å². The zero-order valence-electron chi connectivity index (χ0n) is 9.43. The van der Waals surface area contributed by atoms with Gasteiger partial charge in [0.15, 0.2) is 0 Å². The molecule has 0 saturated heterocycles. The second kappa shape index (κ2) is 12.3. The van der Waals surface area contributed by atoms with Crippen molar-refractivity contribution in [2.45, 2.75) is 64.7 Å². The molecule has 0 spiro atoms. The van der Waals surface area contributed by atoms with Crippen molar-refractivity contribution in [3.05, 3.63) is 0 Å². The topological polar surface area (TPSA) is 33.0 Å². The Kier molecular flexibility index (Phi) is 11.7. The van der Waals surface area contributed by atoms with Gasteiger partial charge in [0.2, 0.25) is 0 Å². The van der Waals surface area contributed by atoms with E-state index in [2.05, 4.69) is 11.7 Å². The van der Waals surface area contributed by atoms with Crippen LogP contribution in [0.1, 0.15) is 64.7 Å². The van der Waals surface area contributed by atoms with Gasteiger partial charge in [0.05, 0.1) is 0 Å². The van der Waals surface area contributed by atoms with E-state index >= 15 is 0 Å². The third-order valence-electron chi connectivity index (χ3n) is 2.41. The number of nitrogens with zero attached hydrogens (tertiary/aromatic N) is 1. The zero-order valence-corrected chi connectivity index (χ0v) is 9.43. The van der Waals surface area contributed by atoms with E-state index in [9.17, 15) is 0 Å². The summed E-state index contributed by atoms with van der Waals surface area (Å²) >= 11 is 0. The molecule has 0 aromatic rings. The molecule has 0 aliphatic rings. The molecule has 0 aromatic carbocycles. The summed E-state index contributed by atoms with van der Waals surface area (Å²) in [4.78, 5) is 0. The van der Waals surface area contributed by atoms with Crippen molar-refractivity contribution in [1.29, 1.82) is 5.26 Å². The van der Waals surface area contributed by atoms with Crippen LogP contribution in [0.3, 0.4) is 0 Å². The molecule has 0 aliphatic carbocycles. The third-order valence-corrected chi connectivity index (χ3v) is 2.41. The average molecular weight is 197 g/mol. The highest BCUT2D eigenvalue weighted by molar-refractivity contribution is 4.50. The van der Waals surface area contributed by atoms with E-state index in [1.165, 1.54) is 51.4 Å². The third kappa shape index (κ3) is 11.3. The van der Waals surface area contributed by atoms with Crippen LogP contribution in [0, 0.1) is 11.5 Å². The quantitative estimate of drug-likeness (QED) is 0.391. The molecule has 0 unspecified atom stereocenters. The Labute approximate surface area is 88.3 Å². The molecule has 0 rings (SSSR count). The Bertz CT molecular complexity index is 140. The van der Waals surface area contributed by atoms with Crippen molar-refractivity contribution in [3.63, 3.8) is 0 Å². The monoisotopic (exact) mass is 197 g/mol. The largest absolute Gasteiger partial charge is 0.428 e. The van der Waals surface area contributed by atoms with Gasteiger partial charge in [-0.25, -0.2) is 0 Å². The first-order valence-corrected chi connectivity index (χ1v) is 5.92. The molecule has 0 aromatic heterocycles. The van der Waals surface area contributed by atoms with Crippen molar-refractivity contribution in [2.75, 3.05) is 6.61 Å². The summed E-state index contributed by atoms with van der Waals surface area (Å²) in [5.41, 5.74) is 0. The number of ether oxygens (including phenoxy) is 1. The second-order valence-corrected chi connectivity index (χ2v) is 3.77. The van der Waals surface area contributed by atoms with E-state index in [1.807, 2.05) is 0 Å². The molecule has 0 fully saturated rings. The zero-order chi connectivity index (χ0) is 10.5. The van der Waals surface area contributed by atoms with Crippen LogP contribution < -0.4 is 0 Å². The molecule has 0 amide bonds. The van der Waals surface area contributed by atoms with Gasteiger partial charge in [-0.1, -0.05) is 58.3 Å². The Morgan fingerprint density at radius 2 is 1.36 bits per heavy atom. The van der Waals surface area contributed by atoms with Gasteiger partial charge in [-0.2, -0.15) is 5.26 Å². The van der Waals surface area contributed by atoms with Crippen molar-refractivity contribution in [2.24, 2.45) is 0 Å². The summed E-state index contributed by atoms with van der Waals surface area (Å²) in [6, 6.07) is 0. The smallest absolute Gasteiger partial charge is 0.286 e. The number of hydrogen-bond acceptors (Lipinski definition) is 2. The maximum absolute atomic E-state index is 8.12. The lowest BCUT2D eigenvalue weighted by atomic mass is 10.1. The fourth-order valence-electron chi connectivity index (χ4n) is 1.53. The highest BCUT2D eigenvalue weighted by Gasteiger charge is 1.91. The minimum Gasteiger partial charge on any atom is -0.428 e. The van der Waals surface area contributed by atoms with Gasteiger partial charge in [0, 0.05) is 0 Å². The van der Waals surface area contributed by atoms with Crippen LogP contribution in [0.4, 0.5) is 0 Å². The average Bonchev–Trinajstić information content (AvgIpc) is 2.21. The SMILES string of the molecule is CCCCCCCCCCCOC#N. The van der Waals surface area contributed by atoms with Gasteiger partial charge >= 0.3 is 0 Å². The molecule has 2 heteroatoms. The van der Waals surface area contributed by atoms with Crippen LogP contribution in [0.5, 0.6) is 0 Å². The van der Waals surface area contributed by atoms with Crippen LogP contribution in [0.2, 0.25) is 0 Å². The molecule has 0 atom stereocenters. The summed E-state index contributed by atoms with van der Waals surface area (Å²) in [7, 11) is 0. The first-order valence-electron chi connectivity index (χ1n) is 5.92. The number of rotatable bonds is 10. The van der Waals surface area contributed by atoms with Gasteiger partial charge in [0.25, 0.3) is 6.26 Å². The van der Waals surface area contributed by atoms with Crippen molar-refractivity contribution in [1.82, 2.24) is 0 Å². The maximum Gasteiger partial charge on any atom is 0.286 e. The number of unbranched alkanes of at least 4 members (excludes halogenated alkanes) is 8. The summed E-state index contributed by atoms with van der Waals surface area (Å²) in [5.74, 6) is 0. The molecule has 0 aliphatic heterocycles. The van der Waals surface area contributed by atoms with Gasteiger partial charge < -0.3 is 4.74 Å². The first kappa shape index (κ1) is 13.3. The molecule has 0 N–H and O–H groups in total. The highest BCUT2D eigenvalue weighted by atomic mass is 16.5. The van der Waals surface area contributed by atoms with Gasteiger partial charge in [0.1, 0.15) is 6.61 Å². The minimum absolute atomic E-state index is 0.604. The summed E-state index contributed by atoms with van der Waals surface area (Å²) in [6.45, 7) is 2.85. The molecular formula is C12H23NO. The van der Waals surface area contributed by atoms with Gasteiger partial charge in [-0.15, -0.1) is 0 Å². The van der Waals surface area contributed by atoms with Crippen LogP contribution in [-0.2, 0) is 4.74 Å². The van der Waals surface area contributed by atoms with Crippen molar-refractivity contribution < 1.29 is 4.74 Å². The number of nitriles is 1. The fraction of sp³-hybridized carbons (Fsp3) is 0.917. The summed E-state index contributed by atoms with van der Waals surface area (Å²) in [5, 5.41) is 8.12. The normalized spacial score (nSPS) is 9.71. The van der Waals surface area contributed by atoms with Crippen LogP contribution in [0.25, 0.3) is 0 Å². The lowest BCUT2D eigenvalue weighted by molar-refractivity contribution is 0.260. The lowest BCUT2D eigenvalue weighted by Gasteiger charge is -2.00. The van der Waals surface area contributed by atoms with Crippen molar-refractivity contribution in [3.8, 4) is 6.26 Å². The molecule has 2 nitrogen and oxygen atoms in total. The van der Waals surface area contributed by atoms with E-state index in [0.717, 1.165) is 6.42 Å². The van der Waals surface area contributed by atoms with E-state index in [1.54, 1.807) is 6.26 Å². The number of hydrogen-bond donors (Lipinski definition) is 0. The van der Waals surface area contributed by atoms with E-state index in [4.69, 9.17) is 5.26 Å². The highest BCUT2D eigenvalue weighted by Crippen LogP contribution is 2.09. The molecule has 14 heavy (non-hydrogen) atoms. The minimum atomic E-state index is 0.604. The Morgan fingerprint density at radius 1 is 0.857 bits per heavy atom. The van der Waals surface area contributed by atoms with Gasteiger partial charge in [-0.05, 0) is 6.42 Å². The van der Waals surface area contributed by atoms with Crippen molar-refractivity contribution >= 4 is 0 Å². The molecular weight excluding hydrogens is 174 g/mol. The lowest BCUT2D eigenvalue weighted by Crippen LogP contribution is -1.88. The molecule has 0 saturated carbocycles. The van der Waals surface area contributed by atoms with Gasteiger partial charge in [-0.3, -0.25) is 0 Å². The van der Waals surface area contributed by atoms with Crippen LogP contribution in [0.15, 0.2) is 0 Å². The molecule has 82 valence electrons. The van der Waals surface area contributed by atoms with Crippen LogP contribution in [-0.4, -0.2) is 6.61 Å². The molecule has 0 radical (unpaired) electrons. The summed E-state index contributed by atoms with van der Waals surface area (Å²) in [6.07, 6.45) is 13.4. The fourth-order valence-corrected chi connectivity index (χ4v) is 1.53. The van der Waals surface area contributed by atoms with Crippen LogP contribution >= 0.6 is 0 Å². The Morgan fingerprint density at radius 3 is 1.86 bits per heavy atom. The predicted molar refractivity (Wildman–Crippen MR) is 58.8 cm³/mol. The Balaban J connectivity index is 2.82. The molecule has 0 bridgehead atoms. The maximum atomic E-state index is 8.12. The second-order valence-electron chi connectivity index (χ2n) is 3.77. The molecule has 0 heterocycles. The standard InChI is InChI=1S/C12H23NO/c1-2-3-4-5-6-7-8-9-10-11-14-12-13/h2-11H2,1H3. The summed E-state index contributed by atoms with van der Waals surface area (Å²) < 4.78 is 4.60. The first-order chi connectivity index (χ1) is 6.91.